The molecule has 0 spiro atoms. The lowest BCUT2D eigenvalue weighted by molar-refractivity contribution is -0.160. The van der Waals surface area contributed by atoms with Crippen molar-refractivity contribution in [2.75, 3.05) is 19.9 Å². The minimum atomic E-state index is -3.74. The summed E-state index contributed by atoms with van der Waals surface area (Å²) in [6.45, 7) is 2.80. The molecule has 3 heterocycles. The topological polar surface area (TPSA) is 124 Å². The Balaban J connectivity index is 1.17. The third-order valence-electron chi connectivity index (χ3n) is 6.23. The highest BCUT2D eigenvalue weighted by Crippen LogP contribution is 2.32. The molecule has 11 heteroatoms. The number of likely N-dealkylation sites (tertiary alicyclic amines) is 1. The number of esters is 1. The fourth-order valence-corrected chi connectivity index (χ4v) is 5.61. The molecule has 0 aliphatic carbocycles. The summed E-state index contributed by atoms with van der Waals surface area (Å²) in [6, 6.07) is 12.1. The molecule has 0 unspecified atom stereocenters. The first-order valence-electron chi connectivity index (χ1n) is 11.4. The van der Waals surface area contributed by atoms with Crippen LogP contribution in [0.25, 0.3) is 0 Å². The molecule has 0 aromatic heterocycles. The van der Waals surface area contributed by atoms with E-state index in [1.165, 1.54) is 13.0 Å². The van der Waals surface area contributed by atoms with Crippen LogP contribution in [0.15, 0.2) is 51.8 Å². The molecule has 35 heavy (non-hydrogen) atoms. The van der Waals surface area contributed by atoms with Crippen LogP contribution in [0.2, 0.25) is 0 Å². The summed E-state index contributed by atoms with van der Waals surface area (Å²) >= 11 is 0. The molecule has 0 bridgehead atoms. The normalized spacial score (nSPS) is 20.5. The van der Waals surface area contributed by atoms with Crippen LogP contribution < -0.4 is 14.8 Å². The van der Waals surface area contributed by atoms with E-state index in [1.807, 2.05) is 11.0 Å². The molecular weight excluding hydrogens is 474 g/mol. The second-order valence-electron chi connectivity index (χ2n) is 8.66. The predicted octanol–water partition coefficient (Wildman–Crippen LogP) is 1.82. The van der Waals surface area contributed by atoms with Crippen molar-refractivity contribution in [3.8, 4) is 11.5 Å². The minimum Gasteiger partial charge on any atom is -0.454 e. The first-order valence-corrected chi connectivity index (χ1v) is 12.8. The van der Waals surface area contributed by atoms with Crippen LogP contribution in [0.4, 0.5) is 0 Å². The van der Waals surface area contributed by atoms with Gasteiger partial charge in [0.25, 0.3) is 15.9 Å². The van der Waals surface area contributed by atoms with E-state index in [9.17, 15) is 18.0 Å². The van der Waals surface area contributed by atoms with Crippen LogP contribution in [0, 0.1) is 5.92 Å². The summed E-state index contributed by atoms with van der Waals surface area (Å²) in [5.74, 6) is 0.242. The number of benzene rings is 2. The molecule has 10 nitrogen and oxygen atoms in total. The first-order chi connectivity index (χ1) is 16.8. The first kappa shape index (κ1) is 23.2. The van der Waals surface area contributed by atoms with Crippen molar-refractivity contribution < 1.29 is 32.2 Å². The van der Waals surface area contributed by atoms with Gasteiger partial charge in [0, 0.05) is 25.2 Å². The maximum Gasteiger partial charge on any atom is 0.311 e. The van der Waals surface area contributed by atoms with Crippen molar-refractivity contribution in [3.63, 3.8) is 0 Å². The average Bonchev–Trinajstić information content (AvgIpc) is 3.44. The highest BCUT2D eigenvalue weighted by atomic mass is 32.2. The number of nitrogens with zero attached hydrogens (tertiary/aromatic N) is 2. The third-order valence-corrected chi connectivity index (χ3v) is 7.56. The van der Waals surface area contributed by atoms with Crippen molar-refractivity contribution in [3.05, 3.63) is 53.6 Å². The zero-order chi connectivity index (χ0) is 24.6. The number of amidine groups is 1. The number of ether oxygens (including phenoxy) is 3. The van der Waals surface area contributed by atoms with Crippen LogP contribution in [0.3, 0.4) is 0 Å². The van der Waals surface area contributed by atoms with Gasteiger partial charge in [-0.2, -0.15) is 8.42 Å². The number of fused-ring (bicyclic) bond motifs is 2. The Morgan fingerprint density at radius 3 is 2.86 bits per heavy atom. The van der Waals surface area contributed by atoms with Gasteiger partial charge in [-0.1, -0.05) is 18.2 Å². The molecule has 2 aromatic carbocycles. The van der Waals surface area contributed by atoms with Gasteiger partial charge >= 0.3 is 5.97 Å². The number of hydrogen-bond donors (Lipinski definition) is 1. The summed E-state index contributed by atoms with van der Waals surface area (Å²) in [5, 5.41) is 2.76. The fraction of sp³-hybridized carbons (Fsp3) is 0.375. The van der Waals surface area contributed by atoms with Gasteiger partial charge in [-0.25, -0.2) is 0 Å². The fourth-order valence-electron chi connectivity index (χ4n) is 4.39. The lowest BCUT2D eigenvalue weighted by atomic mass is 9.97. The summed E-state index contributed by atoms with van der Waals surface area (Å²) in [7, 11) is -3.74. The minimum absolute atomic E-state index is 0.173. The van der Waals surface area contributed by atoms with Gasteiger partial charge in [-0.05, 0) is 49.6 Å². The van der Waals surface area contributed by atoms with Crippen molar-refractivity contribution >= 4 is 27.7 Å². The highest BCUT2D eigenvalue weighted by molar-refractivity contribution is 7.90. The van der Waals surface area contributed by atoms with Gasteiger partial charge in [0.1, 0.15) is 4.90 Å². The lowest BCUT2D eigenvalue weighted by Crippen LogP contribution is -2.44. The number of carbonyl (C=O) groups is 2. The van der Waals surface area contributed by atoms with E-state index >= 15 is 0 Å². The Morgan fingerprint density at radius 2 is 2.00 bits per heavy atom. The SMILES string of the molecule is C[C@H](OC(=O)[C@@H]1CCCN(C2=NS(=O)(=O)c3ccccc32)C1)C(=O)NCc1ccc2c(c1)OCO2. The standard InChI is InChI=1S/C24H25N3O7S/c1-15(23(28)25-12-16-8-9-19-20(11-16)33-14-32-19)34-24(29)17-5-4-10-27(13-17)22-18-6-2-3-7-21(18)35(30,31)26-22/h2-3,6-9,11,15,17H,4-5,10,12-14H2,1H3,(H,25,28)/t15-,17+/m0/s1. The number of hydrogen-bond acceptors (Lipinski definition) is 8. The monoisotopic (exact) mass is 499 g/mol. The maximum atomic E-state index is 12.8. The number of piperidine rings is 1. The number of sulfonamides is 1. The summed E-state index contributed by atoms with van der Waals surface area (Å²) < 4.78 is 44.8. The van der Waals surface area contributed by atoms with Gasteiger partial charge in [0.15, 0.2) is 23.4 Å². The Kier molecular flexibility index (Phi) is 6.10. The van der Waals surface area contributed by atoms with Crippen LogP contribution in [0.1, 0.15) is 30.9 Å². The second kappa shape index (κ2) is 9.21. The van der Waals surface area contributed by atoms with E-state index in [2.05, 4.69) is 9.71 Å². The zero-order valence-corrected chi connectivity index (χ0v) is 19.9. The van der Waals surface area contributed by atoms with Crippen LogP contribution in [-0.2, 0) is 30.9 Å². The Morgan fingerprint density at radius 1 is 1.20 bits per heavy atom. The van der Waals surface area contributed by atoms with E-state index in [0.29, 0.717) is 42.3 Å². The molecule has 2 aromatic rings. The Hall–Kier alpha value is -3.60. The molecule has 0 saturated carbocycles. The van der Waals surface area contributed by atoms with Crippen LogP contribution in [0.5, 0.6) is 11.5 Å². The zero-order valence-electron chi connectivity index (χ0n) is 19.1. The van der Waals surface area contributed by atoms with Crippen molar-refractivity contribution in [1.29, 1.82) is 0 Å². The van der Waals surface area contributed by atoms with Crippen LogP contribution in [-0.4, -0.2) is 57.0 Å². The molecule has 1 amide bonds. The largest absolute Gasteiger partial charge is 0.454 e. The molecule has 1 fully saturated rings. The molecule has 3 aliphatic rings. The van der Waals surface area contributed by atoms with E-state index in [0.717, 1.165) is 5.56 Å². The molecule has 1 saturated heterocycles. The summed E-state index contributed by atoms with van der Waals surface area (Å²) in [6.07, 6.45) is 0.283. The van der Waals surface area contributed by atoms with Gasteiger partial charge < -0.3 is 24.4 Å². The Labute approximate surface area is 202 Å². The average molecular weight is 500 g/mol. The van der Waals surface area contributed by atoms with E-state index in [4.69, 9.17) is 14.2 Å². The van der Waals surface area contributed by atoms with Gasteiger partial charge in [0.2, 0.25) is 6.79 Å². The molecule has 3 aliphatic heterocycles. The van der Waals surface area contributed by atoms with Gasteiger partial charge in [0.05, 0.1) is 5.92 Å². The molecule has 5 rings (SSSR count). The van der Waals surface area contributed by atoms with E-state index < -0.39 is 33.9 Å². The second-order valence-corrected chi connectivity index (χ2v) is 10.2. The predicted molar refractivity (Wildman–Crippen MR) is 124 cm³/mol. The third kappa shape index (κ3) is 4.68. The lowest BCUT2D eigenvalue weighted by Gasteiger charge is -2.33. The maximum absolute atomic E-state index is 12.8. The van der Waals surface area contributed by atoms with Crippen molar-refractivity contribution in [1.82, 2.24) is 10.2 Å². The Bertz CT molecular complexity index is 1310. The van der Waals surface area contributed by atoms with Crippen LogP contribution >= 0.6 is 0 Å². The number of amides is 1. The molecular formula is C24H25N3O7S. The van der Waals surface area contributed by atoms with Crippen molar-refractivity contribution in [2.45, 2.75) is 37.3 Å². The van der Waals surface area contributed by atoms with E-state index in [1.54, 1.807) is 30.3 Å². The molecule has 0 radical (unpaired) electrons. The van der Waals surface area contributed by atoms with Crippen molar-refractivity contribution in [2.24, 2.45) is 10.3 Å². The van der Waals surface area contributed by atoms with Gasteiger partial charge in [-0.15, -0.1) is 4.40 Å². The molecule has 1 N–H and O–H groups in total. The van der Waals surface area contributed by atoms with Gasteiger partial charge in [-0.3, -0.25) is 9.59 Å². The number of rotatable bonds is 5. The highest BCUT2D eigenvalue weighted by Gasteiger charge is 2.36. The summed E-state index contributed by atoms with van der Waals surface area (Å²) in [4.78, 5) is 27.3. The smallest absolute Gasteiger partial charge is 0.311 e. The number of nitrogens with one attached hydrogen (secondary N) is 1. The summed E-state index contributed by atoms with van der Waals surface area (Å²) in [5.41, 5.74) is 1.37. The number of carbonyl (C=O) groups excluding carboxylic acids is 2. The molecule has 2 atom stereocenters. The van der Waals surface area contributed by atoms with E-state index in [-0.39, 0.29) is 24.8 Å². The molecule has 184 valence electrons. The quantitative estimate of drug-likeness (QED) is 0.618.